The summed E-state index contributed by atoms with van der Waals surface area (Å²) in [5.41, 5.74) is 4.66. The molecule has 0 amide bonds. The van der Waals surface area contributed by atoms with E-state index in [1.807, 2.05) is 18.3 Å². The molecule has 126 valence electrons. The average Bonchev–Trinajstić information content (AvgIpc) is 2.51. The largest absolute Gasteiger partial charge is 0.369 e. The smallest absolute Gasteiger partial charge is 0.0640 e. The van der Waals surface area contributed by atoms with Crippen LogP contribution in [0.5, 0.6) is 0 Å². The summed E-state index contributed by atoms with van der Waals surface area (Å²) in [6, 6.07) is 12.4. The van der Waals surface area contributed by atoms with Crippen LogP contribution in [0, 0.1) is 3.57 Å². The highest BCUT2D eigenvalue weighted by Crippen LogP contribution is 2.44. The molecule has 1 atom stereocenters. The quantitative estimate of drug-likeness (QED) is 0.379. The van der Waals surface area contributed by atoms with Gasteiger partial charge in [0.05, 0.1) is 10.7 Å². The first-order valence-electron chi connectivity index (χ1n) is 8.15. The first-order chi connectivity index (χ1) is 11.3. The molecule has 1 aliphatic rings. The number of nitrogens with zero attached hydrogens (tertiary/aromatic N) is 2. The Morgan fingerprint density at radius 2 is 2.04 bits per heavy atom. The van der Waals surface area contributed by atoms with Crippen LogP contribution in [0.2, 0.25) is 5.02 Å². The maximum absolute atomic E-state index is 6.55. The molecule has 1 aliphatic heterocycles. The first kappa shape index (κ1) is 17.7. The molecule has 0 saturated carbocycles. The van der Waals surface area contributed by atoms with Gasteiger partial charge in [-0.3, -0.25) is 4.99 Å². The molecule has 0 radical (unpaired) electrons. The van der Waals surface area contributed by atoms with Crippen molar-refractivity contribution < 1.29 is 0 Å². The van der Waals surface area contributed by atoms with Crippen LogP contribution in [-0.4, -0.2) is 18.8 Å². The van der Waals surface area contributed by atoms with E-state index >= 15 is 0 Å². The van der Waals surface area contributed by atoms with Gasteiger partial charge in [0.15, 0.2) is 0 Å². The summed E-state index contributed by atoms with van der Waals surface area (Å²) in [5, 5.41) is 0.750. The molecule has 0 spiro atoms. The molecule has 0 saturated heterocycles. The Morgan fingerprint density at radius 1 is 1.29 bits per heavy atom. The normalized spacial score (nSPS) is 19.6. The number of hydrogen-bond acceptors (Lipinski definition) is 2. The molecule has 0 aliphatic carbocycles. The molecule has 0 bridgehead atoms. The van der Waals surface area contributed by atoms with Crippen molar-refractivity contribution in [2.45, 2.75) is 38.6 Å². The van der Waals surface area contributed by atoms with Crippen LogP contribution in [0.1, 0.15) is 44.2 Å². The van der Waals surface area contributed by atoms with Gasteiger partial charge >= 0.3 is 0 Å². The van der Waals surface area contributed by atoms with Crippen LogP contribution < -0.4 is 4.90 Å². The number of benzene rings is 2. The Bertz CT molecular complexity index is 798. The number of anilines is 1. The minimum atomic E-state index is 0.145. The zero-order valence-electron chi connectivity index (χ0n) is 14.5. The molecule has 24 heavy (non-hydrogen) atoms. The van der Waals surface area contributed by atoms with Gasteiger partial charge in [-0.05, 0) is 84.7 Å². The number of halogens is 2. The summed E-state index contributed by atoms with van der Waals surface area (Å²) in [6.07, 6.45) is 3.01. The molecule has 3 rings (SSSR count). The first-order valence-corrected chi connectivity index (χ1v) is 9.60. The topological polar surface area (TPSA) is 15.6 Å². The monoisotopic (exact) mass is 452 g/mol. The van der Waals surface area contributed by atoms with Gasteiger partial charge in [0, 0.05) is 33.6 Å². The van der Waals surface area contributed by atoms with Gasteiger partial charge in [0.1, 0.15) is 0 Å². The van der Waals surface area contributed by atoms with E-state index in [4.69, 9.17) is 11.6 Å². The third-order valence-corrected chi connectivity index (χ3v) is 5.91. The fourth-order valence-electron chi connectivity index (χ4n) is 3.40. The Kier molecular flexibility index (Phi) is 4.94. The SMILES string of the molecule is CC1CC(C)(C)N(C)c2cc(Cl)c(C=Nc3cccc(I)c3)cc21. The van der Waals surface area contributed by atoms with Crippen LogP contribution >= 0.6 is 34.2 Å². The van der Waals surface area contributed by atoms with Gasteiger partial charge in [-0.15, -0.1) is 0 Å². The Hall–Kier alpha value is -1.07. The van der Waals surface area contributed by atoms with Crippen molar-refractivity contribution in [3.63, 3.8) is 0 Å². The molecule has 0 aromatic heterocycles. The highest BCUT2D eigenvalue weighted by Gasteiger charge is 2.34. The fraction of sp³-hybridized carbons (Fsp3) is 0.350. The number of hydrogen-bond donors (Lipinski definition) is 0. The van der Waals surface area contributed by atoms with E-state index in [0.717, 1.165) is 22.7 Å². The molecule has 0 fully saturated rings. The molecule has 1 unspecified atom stereocenters. The average molecular weight is 453 g/mol. The van der Waals surface area contributed by atoms with Crippen LogP contribution in [0.3, 0.4) is 0 Å². The van der Waals surface area contributed by atoms with Crippen molar-refractivity contribution in [3.05, 3.63) is 56.1 Å². The molecule has 1 heterocycles. The van der Waals surface area contributed by atoms with Crippen molar-refractivity contribution >= 4 is 51.8 Å². The molecular weight excluding hydrogens is 431 g/mol. The van der Waals surface area contributed by atoms with Crippen molar-refractivity contribution in [3.8, 4) is 0 Å². The molecule has 0 N–H and O–H groups in total. The molecule has 2 aromatic carbocycles. The molecular formula is C20H22ClIN2. The summed E-state index contributed by atoms with van der Waals surface area (Å²) >= 11 is 8.84. The molecule has 4 heteroatoms. The van der Waals surface area contributed by atoms with Crippen LogP contribution in [0.25, 0.3) is 0 Å². The highest BCUT2D eigenvalue weighted by atomic mass is 127. The number of rotatable bonds is 2. The second kappa shape index (κ2) is 6.68. The number of fused-ring (bicyclic) bond motifs is 1. The lowest BCUT2D eigenvalue weighted by Crippen LogP contribution is -2.45. The maximum Gasteiger partial charge on any atom is 0.0640 e. The Labute approximate surface area is 163 Å². The Morgan fingerprint density at radius 3 is 2.75 bits per heavy atom. The summed E-state index contributed by atoms with van der Waals surface area (Å²) in [7, 11) is 2.15. The lowest BCUT2D eigenvalue weighted by molar-refractivity contribution is 0.395. The predicted molar refractivity (Wildman–Crippen MR) is 113 cm³/mol. The van der Waals surface area contributed by atoms with Crippen molar-refractivity contribution in [2.75, 3.05) is 11.9 Å². The van der Waals surface area contributed by atoms with Gasteiger partial charge < -0.3 is 4.90 Å². The van der Waals surface area contributed by atoms with Gasteiger partial charge in [0.25, 0.3) is 0 Å². The molecule has 2 nitrogen and oxygen atoms in total. The summed E-state index contributed by atoms with van der Waals surface area (Å²) < 4.78 is 1.18. The van der Waals surface area contributed by atoms with Crippen LogP contribution in [0.4, 0.5) is 11.4 Å². The standard InChI is InChI=1S/C20H22ClIN2/c1-13-11-20(2,3)24(4)19-10-18(21)14(8-17(13)19)12-23-16-7-5-6-15(22)9-16/h5-10,12-13H,11H2,1-4H3. The van der Waals surface area contributed by atoms with E-state index < -0.39 is 0 Å². The minimum Gasteiger partial charge on any atom is -0.369 e. The lowest BCUT2D eigenvalue weighted by atomic mass is 9.80. The minimum absolute atomic E-state index is 0.145. The van der Waals surface area contributed by atoms with E-state index in [9.17, 15) is 0 Å². The van der Waals surface area contributed by atoms with Crippen LogP contribution in [0.15, 0.2) is 41.4 Å². The highest BCUT2D eigenvalue weighted by molar-refractivity contribution is 14.1. The van der Waals surface area contributed by atoms with Gasteiger partial charge in [0.2, 0.25) is 0 Å². The third kappa shape index (κ3) is 3.47. The van der Waals surface area contributed by atoms with Gasteiger partial charge in [-0.1, -0.05) is 24.6 Å². The van der Waals surface area contributed by atoms with E-state index in [-0.39, 0.29) is 5.54 Å². The van der Waals surface area contributed by atoms with E-state index in [1.54, 1.807) is 0 Å². The second-order valence-electron chi connectivity index (χ2n) is 7.15. The van der Waals surface area contributed by atoms with Crippen LogP contribution in [-0.2, 0) is 0 Å². The van der Waals surface area contributed by atoms with Crippen molar-refractivity contribution in [1.82, 2.24) is 0 Å². The lowest BCUT2D eigenvalue weighted by Gasteiger charge is -2.45. The summed E-state index contributed by atoms with van der Waals surface area (Å²) in [5.74, 6) is 0.508. The van der Waals surface area contributed by atoms with Gasteiger partial charge in [-0.25, -0.2) is 0 Å². The van der Waals surface area contributed by atoms with E-state index in [1.165, 1.54) is 14.8 Å². The van der Waals surface area contributed by atoms with E-state index in [0.29, 0.717) is 5.92 Å². The van der Waals surface area contributed by atoms with E-state index in [2.05, 4.69) is 84.6 Å². The summed E-state index contributed by atoms with van der Waals surface area (Å²) in [4.78, 5) is 6.93. The number of aliphatic imine (C=N–C) groups is 1. The second-order valence-corrected chi connectivity index (χ2v) is 8.80. The van der Waals surface area contributed by atoms with Gasteiger partial charge in [-0.2, -0.15) is 0 Å². The van der Waals surface area contributed by atoms with Crippen molar-refractivity contribution in [2.24, 2.45) is 4.99 Å². The molecule has 2 aromatic rings. The summed E-state index contributed by atoms with van der Waals surface area (Å²) in [6.45, 7) is 6.86. The Balaban J connectivity index is 1.99. The fourth-order valence-corrected chi connectivity index (χ4v) is 4.14. The zero-order chi connectivity index (χ0) is 17.5. The maximum atomic E-state index is 6.55. The zero-order valence-corrected chi connectivity index (χ0v) is 17.4. The van der Waals surface area contributed by atoms with Crippen molar-refractivity contribution in [1.29, 1.82) is 0 Å². The third-order valence-electron chi connectivity index (χ3n) is 4.91. The predicted octanol–water partition coefficient (Wildman–Crippen LogP) is 6.42.